The Kier molecular flexibility index (Phi) is 2.71. The van der Waals surface area contributed by atoms with E-state index in [2.05, 4.69) is 9.97 Å². The van der Waals surface area contributed by atoms with Gasteiger partial charge in [0, 0.05) is 23.8 Å². The van der Waals surface area contributed by atoms with Gasteiger partial charge in [-0.1, -0.05) is 0 Å². The third-order valence-corrected chi connectivity index (χ3v) is 4.04. The molecule has 3 heterocycles. The van der Waals surface area contributed by atoms with Crippen molar-refractivity contribution in [1.29, 1.82) is 0 Å². The predicted octanol–water partition coefficient (Wildman–Crippen LogP) is 1.73. The summed E-state index contributed by atoms with van der Waals surface area (Å²) in [5.41, 5.74) is 0.879. The summed E-state index contributed by atoms with van der Waals surface area (Å²) >= 11 is 1.62. The van der Waals surface area contributed by atoms with Crippen molar-refractivity contribution >= 4 is 23.1 Å². The Balaban J connectivity index is 2.04. The highest BCUT2D eigenvalue weighted by Gasteiger charge is 2.34. The van der Waals surface area contributed by atoms with Crippen molar-refractivity contribution < 1.29 is 9.90 Å². The summed E-state index contributed by atoms with van der Waals surface area (Å²) in [5.74, 6) is -0.234. The quantitative estimate of drug-likeness (QED) is 0.891. The first kappa shape index (κ1) is 11.2. The first-order valence-corrected chi connectivity index (χ1v) is 6.47. The van der Waals surface area contributed by atoms with E-state index in [9.17, 15) is 9.90 Å². The smallest absolute Gasteiger partial charge is 0.331 e. The molecule has 2 aromatic rings. The van der Waals surface area contributed by atoms with Gasteiger partial charge in [-0.05, 0) is 23.4 Å². The number of hydrogen-bond acceptors (Lipinski definition) is 5. The molecule has 18 heavy (non-hydrogen) atoms. The lowest BCUT2D eigenvalue weighted by Crippen LogP contribution is -2.39. The fourth-order valence-electron chi connectivity index (χ4n) is 2.27. The molecule has 6 heteroatoms. The van der Waals surface area contributed by atoms with Crippen molar-refractivity contribution in [3.05, 3.63) is 40.5 Å². The summed E-state index contributed by atoms with van der Waals surface area (Å²) in [6.07, 6.45) is 5.62. The molecule has 0 aliphatic carbocycles. The Bertz CT molecular complexity index is 570. The molecule has 0 amide bonds. The highest BCUT2D eigenvalue weighted by atomic mass is 32.1. The molecule has 0 radical (unpaired) electrons. The standard InChI is InChI=1S/C12H11N3O2S/c16-12(17)11-8-2-6-18-9(8)1-5-15(11)10-7-13-3-4-14-10/h2-4,6-7,11H,1,5H2,(H,16,17). The molecule has 1 unspecified atom stereocenters. The van der Waals surface area contributed by atoms with Crippen LogP contribution in [-0.2, 0) is 11.2 Å². The van der Waals surface area contributed by atoms with Gasteiger partial charge in [-0.2, -0.15) is 0 Å². The zero-order valence-electron chi connectivity index (χ0n) is 9.48. The summed E-state index contributed by atoms with van der Waals surface area (Å²) in [4.78, 5) is 22.7. The topological polar surface area (TPSA) is 66.3 Å². The molecule has 0 saturated heterocycles. The third-order valence-electron chi connectivity index (χ3n) is 3.04. The van der Waals surface area contributed by atoms with Gasteiger partial charge in [0.25, 0.3) is 0 Å². The van der Waals surface area contributed by atoms with Crippen molar-refractivity contribution in [2.24, 2.45) is 0 Å². The Morgan fingerprint density at radius 1 is 1.50 bits per heavy atom. The van der Waals surface area contributed by atoms with Gasteiger partial charge in [0.05, 0.1) is 6.20 Å². The Morgan fingerprint density at radius 2 is 2.39 bits per heavy atom. The highest BCUT2D eigenvalue weighted by Crippen LogP contribution is 2.35. The monoisotopic (exact) mass is 261 g/mol. The zero-order chi connectivity index (χ0) is 12.5. The van der Waals surface area contributed by atoms with E-state index in [1.807, 2.05) is 11.4 Å². The van der Waals surface area contributed by atoms with Crippen LogP contribution < -0.4 is 4.90 Å². The Morgan fingerprint density at radius 3 is 3.11 bits per heavy atom. The van der Waals surface area contributed by atoms with E-state index in [-0.39, 0.29) is 0 Å². The lowest BCUT2D eigenvalue weighted by Gasteiger charge is -2.33. The van der Waals surface area contributed by atoms with Gasteiger partial charge in [0.15, 0.2) is 6.04 Å². The highest BCUT2D eigenvalue weighted by molar-refractivity contribution is 7.10. The van der Waals surface area contributed by atoms with Crippen LogP contribution in [0.4, 0.5) is 5.82 Å². The van der Waals surface area contributed by atoms with Gasteiger partial charge in [-0.25, -0.2) is 9.78 Å². The molecule has 3 rings (SSSR count). The van der Waals surface area contributed by atoms with Gasteiger partial charge in [-0.15, -0.1) is 11.3 Å². The van der Waals surface area contributed by atoms with E-state index < -0.39 is 12.0 Å². The molecule has 1 N–H and O–H groups in total. The number of aliphatic carboxylic acids is 1. The van der Waals surface area contributed by atoms with E-state index in [1.54, 1.807) is 34.8 Å². The molecule has 2 aromatic heterocycles. The fraction of sp³-hybridized carbons (Fsp3) is 0.250. The van der Waals surface area contributed by atoms with Crippen LogP contribution in [0.5, 0.6) is 0 Å². The maximum Gasteiger partial charge on any atom is 0.331 e. The molecule has 0 spiro atoms. The van der Waals surface area contributed by atoms with E-state index in [1.165, 1.54) is 0 Å². The van der Waals surface area contributed by atoms with Crippen molar-refractivity contribution in [3.63, 3.8) is 0 Å². The summed E-state index contributed by atoms with van der Waals surface area (Å²) in [7, 11) is 0. The second-order valence-electron chi connectivity index (χ2n) is 4.05. The lowest BCUT2D eigenvalue weighted by molar-refractivity contribution is -0.138. The minimum atomic E-state index is -0.847. The van der Waals surface area contributed by atoms with Crippen molar-refractivity contribution in [2.45, 2.75) is 12.5 Å². The number of carboxylic acid groups (broad SMARTS) is 1. The Labute approximate surface area is 108 Å². The SMILES string of the molecule is O=C(O)C1c2ccsc2CCN1c1cnccn1. The van der Waals surface area contributed by atoms with Crippen LogP contribution in [0.3, 0.4) is 0 Å². The number of hydrogen-bond donors (Lipinski definition) is 1. The van der Waals surface area contributed by atoms with Crippen LogP contribution in [0.2, 0.25) is 0 Å². The van der Waals surface area contributed by atoms with Gasteiger partial charge in [0.2, 0.25) is 0 Å². The lowest BCUT2D eigenvalue weighted by atomic mass is 10.0. The average Bonchev–Trinajstić information content (AvgIpc) is 2.86. The van der Waals surface area contributed by atoms with E-state index in [0.29, 0.717) is 12.4 Å². The molecule has 5 nitrogen and oxygen atoms in total. The first-order valence-electron chi connectivity index (χ1n) is 5.59. The van der Waals surface area contributed by atoms with Crippen LogP contribution in [0.25, 0.3) is 0 Å². The van der Waals surface area contributed by atoms with Gasteiger partial charge >= 0.3 is 5.97 Å². The summed E-state index contributed by atoms with van der Waals surface area (Å²) in [6, 6.07) is 1.23. The number of nitrogens with zero attached hydrogens (tertiary/aromatic N) is 3. The third kappa shape index (κ3) is 1.74. The molecule has 1 atom stereocenters. The average molecular weight is 261 g/mol. The van der Waals surface area contributed by atoms with Gasteiger partial charge < -0.3 is 10.0 Å². The predicted molar refractivity (Wildman–Crippen MR) is 67.8 cm³/mol. The minimum absolute atomic E-state index is 0.613. The molecule has 0 saturated carbocycles. The van der Waals surface area contributed by atoms with Crippen molar-refractivity contribution in [1.82, 2.24) is 9.97 Å². The summed E-state index contributed by atoms with van der Waals surface area (Å²) in [6.45, 7) is 0.656. The normalized spacial score (nSPS) is 18.4. The maximum atomic E-state index is 11.5. The largest absolute Gasteiger partial charge is 0.479 e. The second kappa shape index (κ2) is 4.38. The number of carboxylic acids is 1. The van der Waals surface area contributed by atoms with Crippen LogP contribution >= 0.6 is 11.3 Å². The molecular weight excluding hydrogens is 250 g/mol. The zero-order valence-corrected chi connectivity index (χ0v) is 10.3. The summed E-state index contributed by atoms with van der Waals surface area (Å²) < 4.78 is 0. The number of aromatic nitrogens is 2. The van der Waals surface area contributed by atoms with E-state index >= 15 is 0 Å². The number of rotatable bonds is 2. The van der Waals surface area contributed by atoms with E-state index in [4.69, 9.17) is 0 Å². The van der Waals surface area contributed by atoms with Crippen molar-refractivity contribution in [2.75, 3.05) is 11.4 Å². The molecule has 0 aromatic carbocycles. The van der Waals surface area contributed by atoms with Crippen LogP contribution in [0.1, 0.15) is 16.5 Å². The summed E-state index contributed by atoms with van der Waals surface area (Å²) in [5, 5.41) is 11.4. The maximum absolute atomic E-state index is 11.5. The minimum Gasteiger partial charge on any atom is -0.479 e. The number of carbonyl (C=O) groups is 1. The molecule has 1 aliphatic heterocycles. The fourth-order valence-corrected chi connectivity index (χ4v) is 3.17. The molecule has 0 fully saturated rings. The molecule has 0 bridgehead atoms. The number of anilines is 1. The van der Waals surface area contributed by atoms with E-state index in [0.717, 1.165) is 16.9 Å². The molecule has 1 aliphatic rings. The number of thiophene rings is 1. The first-order chi connectivity index (χ1) is 8.77. The van der Waals surface area contributed by atoms with Crippen LogP contribution in [0.15, 0.2) is 30.0 Å². The van der Waals surface area contributed by atoms with Gasteiger partial charge in [0.1, 0.15) is 5.82 Å². The molecule has 92 valence electrons. The van der Waals surface area contributed by atoms with Crippen LogP contribution in [0, 0.1) is 0 Å². The molecular formula is C12H11N3O2S. The van der Waals surface area contributed by atoms with Crippen LogP contribution in [-0.4, -0.2) is 27.6 Å². The second-order valence-corrected chi connectivity index (χ2v) is 5.05. The Hall–Kier alpha value is -1.95. The number of fused-ring (bicyclic) bond motifs is 1. The van der Waals surface area contributed by atoms with Crippen molar-refractivity contribution in [3.8, 4) is 0 Å². The van der Waals surface area contributed by atoms with Gasteiger partial charge in [-0.3, -0.25) is 4.98 Å².